The van der Waals surface area contributed by atoms with Gasteiger partial charge in [-0.15, -0.1) is 25.1 Å². The Kier molecular flexibility index (Phi) is 9.03. The van der Waals surface area contributed by atoms with E-state index in [4.69, 9.17) is 11.6 Å². The van der Waals surface area contributed by atoms with Crippen LogP contribution in [-0.2, 0) is 25.8 Å². The summed E-state index contributed by atoms with van der Waals surface area (Å²) in [6, 6.07) is 0. The van der Waals surface area contributed by atoms with Gasteiger partial charge in [-0.05, 0) is 0 Å². The maximum absolute atomic E-state index is 5.07. The second-order valence-corrected chi connectivity index (χ2v) is 4.38. The van der Waals surface area contributed by atoms with Crippen LogP contribution in [0, 0.1) is 11.5 Å². The Bertz CT molecular complexity index is 272. The van der Waals surface area contributed by atoms with E-state index in [2.05, 4.69) is 47.3 Å². The third-order valence-corrected chi connectivity index (χ3v) is 2.89. The van der Waals surface area contributed by atoms with Gasteiger partial charge in [0.15, 0.2) is 0 Å². The molecule has 0 heterocycles. The van der Waals surface area contributed by atoms with Gasteiger partial charge in [-0.1, -0.05) is 39.2 Å². The Labute approximate surface area is 118 Å². The third kappa shape index (κ3) is 5.31. The van der Waals surface area contributed by atoms with Crippen LogP contribution in [0.15, 0.2) is 29.4 Å². The quantitative estimate of drug-likeness (QED) is 0.267. The van der Waals surface area contributed by atoms with Crippen LogP contribution < -0.4 is 0 Å². The molecule has 0 bridgehead atoms. The number of allylic oxidation sites excluding steroid dienone is 5. The topological polar surface area (TPSA) is 0 Å². The summed E-state index contributed by atoms with van der Waals surface area (Å²) in [5.41, 5.74) is 4.39. The van der Waals surface area contributed by atoms with E-state index in [1.165, 1.54) is 16.7 Å². The molecule has 84 valence electrons. The molecule has 0 aromatic carbocycles. The van der Waals surface area contributed by atoms with E-state index in [1.54, 1.807) is 6.08 Å². The monoisotopic (exact) mass is 391 g/mol. The summed E-state index contributed by atoms with van der Waals surface area (Å²) in [7, 11) is 0. The zero-order valence-corrected chi connectivity index (χ0v) is 14.7. The smallest absolute Gasteiger partial charge is 0.0401 e. The van der Waals surface area contributed by atoms with Gasteiger partial charge in [-0.2, -0.15) is 11.1 Å². The molecule has 0 nitrogen and oxygen atoms in total. The standard InChI is InChI=1S/C10H15.C3H5Cl.Hf/c1-7-6-10(4,5)9(3)8(7)2;1-2-3-4;/h1-5H3;2H,1,3H2;/q-1;;. The van der Waals surface area contributed by atoms with Crippen LogP contribution in [0.1, 0.15) is 34.6 Å². The molecule has 1 aliphatic rings. The van der Waals surface area contributed by atoms with E-state index in [0.717, 1.165) is 0 Å². The molecule has 1 rings (SSSR count). The van der Waals surface area contributed by atoms with E-state index >= 15 is 0 Å². The van der Waals surface area contributed by atoms with Crippen molar-refractivity contribution in [2.24, 2.45) is 5.41 Å². The van der Waals surface area contributed by atoms with Crippen molar-refractivity contribution < 1.29 is 25.8 Å². The zero-order chi connectivity index (χ0) is 11.4. The van der Waals surface area contributed by atoms with E-state index in [-0.39, 0.29) is 31.3 Å². The minimum Gasteiger partial charge on any atom is -0.263 e. The molecule has 0 aromatic rings. The molecule has 0 amide bonds. The molecule has 0 radical (unpaired) electrons. The molecule has 1 aliphatic carbocycles. The molecule has 0 saturated heterocycles. The number of hydrogen-bond acceptors (Lipinski definition) is 0. The fourth-order valence-corrected chi connectivity index (χ4v) is 1.41. The van der Waals surface area contributed by atoms with Crippen molar-refractivity contribution >= 4 is 11.6 Å². The van der Waals surface area contributed by atoms with Crippen molar-refractivity contribution in [3.8, 4) is 0 Å². The Morgan fingerprint density at radius 1 is 1.33 bits per heavy atom. The van der Waals surface area contributed by atoms with Crippen LogP contribution in [0.4, 0.5) is 0 Å². The summed E-state index contributed by atoms with van der Waals surface area (Å²) < 4.78 is 0. The summed E-state index contributed by atoms with van der Waals surface area (Å²) in [6.07, 6.45) is 5.08. The maximum atomic E-state index is 5.07. The Morgan fingerprint density at radius 2 is 1.73 bits per heavy atom. The molecule has 0 saturated carbocycles. The fraction of sp³-hybridized carbons (Fsp3) is 0.538. The molecule has 0 fully saturated rings. The molecule has 0 unspecified atom stereocenters. The normalized spacial score (nSPS) is 17.3. The van der Waals surface area contributed by atoms with Gasteiger partial charge in [0.05, 0.1) is 0 Å². The first-order valence-electron chi connectivity index (χ1n) is 4.83. The van der Waals surface area contributed by atoms with E-state index in [1.807, 2.05) is 0 Å². The van der Waals surface area contributed by atoms with Crippen LogP contribution in [-0.4, -0.2) is 5.88 Å². The SMILES string of the molecule is C=CCCl.CC1=[C-]C(C)(C)C(C)=C1C.[Hf]. The molecule has 15 heavy (non-hydrogen) atoms. The van der Waals surface area contributed by atoms with Crippen molar-refractivity contribution in [3.63, 3.8) is 0 Å². The second kappa shape index (κ2) is 7.62. The first-order valence-corrected chi connectivity index (χ1v) is 5.37. The molecule has 0 aromatic heterocycles. The predicted molar refractivity (Wildman–Crippen MR) is 65.5 cm³/mol. The predicted octanol–water partition coefficient (Wildman–Crippen LogP) is 4.52. The van der Waals surface area contributed by atoms with Gasteiger partial charge in [-0.3, -0.25) is 6.08 Å². The maximum Gasteiger partial charge on any atom is 0.0401 e. The number of rotatable bonds is 1. The van der Waals surface area contributed by atoms with Crippen molar-refractivity contribution in [2.45, 2.75) is 34.6 Å². The van der Waals surface area contributed by atoms with E-state index < -0.39 is 0 Å². The van der Waals surface area contributed by atoms with Crippen molar-refractivity contribution in [1.82, 2.24) is 0 Å². The summed E-state index contributed by atoms with van der Waals surface area (Å²) in [4.78, 5) is 0. The van der Waals surface area contributed by atoms with Crippen LogP contribution in [0.25, 0.3) is 0 Å². The molecule has 0 atom stereocenters. The Morgan fingerprint density at radius 3 is 1.80 bits per heavy atom. The zero-order valence-electron chi connectivity index (χ0n) is 10.4. The minimum absolute atomic E-state index is 0. The van der Waals surface area contributed by atoms with Gasteiger partial charge in [-0.25, -0.2) is 5.57 Å². The van der Waals surface area contributed by atoms with Gasteiger partial charge in [0.25, 0.3) is 0 Å². The number of alkyl halides is 1. The minimum atomic E-state index is 0. The largest absolute Gasteiger partial charge is 0.263 e. The van der Waals surface area contributed by atoms with Gasteiger partial charge in [0, 0.05) is 31.7 Å². The summed E-state index contributed by atoms with van der Waals surface area (Å²) >= 11 is 5.07. The van der Waals surface area contributed by atoms with Crippen LogP contribution in [0.2, 0.25) is 0 Å². The Hall–Kier alpha value is 0.380. The van der Waals surface area contributed by atoms with Gasteiger partial charge in [0.1, 0.15) is 0 Å². The van der Waals surface area contributed by atoms with Crippen molar-refractivity contribution in [3.05, 3.63) is 35.5 Å². The van der Waals surface area contributed by atoms with Crippen LogP contribution in [0.5, 0.6) is 0 Å². The molecule has 2 heteroatoms. The first kappa shape index (κ1) is 17.8. The van der Waals surface area contributed by atoms with Gasteiger partial charge in [0.2, 0.25) is 0 Å². The second-order valence-electron chi connectivity index (χ2n) is 4.07. The summed E-state index contributed by atoms with van der Waals surface area (Å²) in [5, 5.41) is 0. The van der Waals surface area contributed by atoms with Crippen LogP contribution in [0.3, 0.4) is 0 Å². The summed E-state index contributed by atoms with van der Waals surface area (Å²) in [5.74, 6) is 0.556. The van der Waals surface area contributed by atoms with Gasteiger partial charge >= 0.3 is 0 Å². The average Bonchev–Trinajstić information content (AvgIpc) is 2.30. The first-order chi connectivity index (χ1) is 6.36. The number of hydrogen-bond donors (Lipinski definition) is 0. The average molecular weight is 390 g/mol. The van der Waals surface area contributed by atoms with E-state index in [0.29, 0.717) is 5.88 Å². The van der Waals surface area contributed by atoms with Gasteiger partial charge < -0.3 is 0 Å². The van der Waals surface area contributed by atoms with E-state index in [9.17, 15) is 0 Å². The van der Waals surface area contributed by atoms with Crippen molar-refractivity contribution in [2.75, 3.05) is 5.88 Å². The molecule has 0 N–H and O–H groups in total. The molecule has 0 spiro atoms. The fourth-order valence-electron chi connectivity index (χ4n) is 1.41. The molecular formula is C13H20ClHf-. The summed E-state index contributed by atoms with van der Waals surface area (Å²) in [6.45, 7) is 14.3. The molecular weight excluding hydrogens is 370 g/mol. The van der Waals surface area contributed by atoms with Crippen LogP contribution >= 0.6 is 11.6 Å². The van der Waals surface area contributed by atoms with Crippen molar-refractivity contribution in [1.29, 1.82) is 0 Å². The molecule has 0 aliphatic heterocycles. The Balaban J connectivity index is 0. The number of halogens is 1. The third-order valence-electron chi connectivity index (χ3n) is 2.67.